The molecule has 0 saturated heterocycles. The Morgan fingerprint density at radius 2 is 1.73 bits per heavy atom. The Hall–Kier alpha value is -3.02. The highest BCUT2D eigenvalue weighted by Crippen LogP contribution is 2.25. The Morgan fingerprint density at radius 1 is 1.05 bits per heavy atom. The van der Waals surface area contributed by atoms with Crippen LogP contribution in [0.1, 0.15) is 15.9 Å². The molecule has 2 rings (SSSR count). The number of phenols is 2. The van der Waals surface area contributed by atoms with Gasteiger partial charge in [0.15, 0.2) is 11.5 Å². The van der Waals surface area contributed by atoms with Crippen molar-refractivity contribution in [2.45, 2.75) is 6.42 Å². The number of carbonyl (C=O) groups excluding carboxylic acids is 2. The summed E-state index contributed by atoms with van der Waals surface area (Å²) in [5.41, 5.74) is 1.50. The molecule has 0 bridgehead atoms. The van der Waals surface area contributed by atoms with Crippen molar-refractivity contribution in [3.05, 3.63) is 53.6 Å². The average molecular weight is 301 g/mol. The molecule has 0 heterocycles. The highest BCUT2D eigenvalue weighted by Gasteiger charge is 2.08. The van der Waals surface area contributed by atoms with Crippen molar-refractivity contribution < 1.29 is 24.5 Å². The molecule has 0 radical (unpaired) electrons. The van der Waals surface area contributed by atoms with Crippen molar-refractivity contribution in [2.24, 2.45) is 0 Å². The number of methoxy groups -OCH3 is 1. The molecule has 0 aliphatic rings. The number of carbonyl (C=O) groups is 2. The van der Waals surface area contributed by atoms with Crippen LogP contribution in [-0.4, -0.2) is 29.2 Å². The molecular formula is C16H15NO5. The molecule has 6 nitrogen and oxygen atoms in total. The smallest absolute Gasteiger partial charge is 0.337 e. The zero-order valence-electron chi connectivity index (χ0n) is 11.9. The third-order valence-corrected chi connectivity index (χ3v) is 2.99. The molecule has 6 heteroatoms. The SMILES string of the molecule is COC(=O)c1ccc(NC(=O)Cc2ccc(O)c(O)c2)cc1. The molecule has 0 fully saturated rings. The Morgan fingerprint density at radius 3 is 2.32 bits per heavy atom. The number of rotatable bonds is 4. The number of hydrogen-bond donors (Lipinski definition) is 3. The summed E-state index contributed by atoms with van der Waals surface area (Å²) in [4.78, 5) is 23.2. The molecule has 0 atom stereocenters. The van der Waals surface area contributed by atoms with Crippen LogP contribution in [0.25, 0.3) is 0 Å². The summed E-state index contributed by atoms with van der Waals surface area (Å²) in [6.45, 7) is 0. The molecule has 2 aromatic carbocycles. The van der Waals surface area contributed by atoms with Crippen LogP contribution in [0.2, 0.25) is 0 Å². The second kappa shape index (κ2) is 6.62. The van der Waals surface area contributed by atoms with Gasteiger partial charge >= 0.3 is 5.97 Å². The van der Waals surface area contributed by atoms with Gasteiger partial charge in [-0.1, -0.05) is 6.07 Å². The topological polar surface area (TPSA) is 95.9 Å². The number of nitrogens with one attached hydrogen (secondary N) is 1. The van der Waals surface area contributed by atoms with E-state index in [4.69, 9.17) is 0 Å². The van der Waals surface area contributed by atoms with Gasteiger partial charge < -0.3 is 20.3 Å². The van der Waals surface area contributed by atoms with E-state index in [9.17, 15) is 19.8 Å². The van der Waals surface area contributed by atoms with Crippen molar-refractivity contribution in [2.75, 3.05) is 12.4 Å². The van der Waals surface area contributed by atoms with Gasteiger partial charge in [0.25, 0.3) is 0 Å². The minimum absolute atomic E-state index is 0.0482. The van der Waals surface area contributed by atoms with Gasteiger partial charge in [-0.2, -0.15) is 0 Å². The molecule has 114 valence electrons. The van der Waals surface area contributed by atoms with Crippen molar-refractivity contribution in [3.8, 4) is 11.5 Å². The largest absolute Gasteiger partial charge is 0.504 e. The number of aromatic hydroxyl groups is 2. The maximum Gasteiger partial charge on any atom is 0.337 e. The summed E-state index contributed by atoms with van der Waals surface area (Å²) < 4.78 is 4.59. The van der Waals surface area contributed by atoms with Crippen LogP contribution < -0.4 is 5.32 Å². The van der Waals surface area contributed by atoms with Crippen LogP contribution in [0.3, 0.4) is 0 Å². The normalized spacial score (nSPS) is 10.0. The van der Waals surface area contributed by atoms with Gasteiger partial charge in [-0.05, 0) is 42.0 Å². The van der Waals surface area contributed by atoms with Gasteiger partial charge in [0.05, 0.1) is 19.1 Å². The lowest BCUT2D eigenvalue weighted by Crippen LogP contribution is -2.14. The second-order valence-electron chi connectivity index (χ2n) is 4.62. The maximum atomic E-state index is 11.9. The molecule has 22 heavy (non-hydrogen) atoms. The fraction of sp³-hybridized carbons (Fsp3) is 0.125. The quantitative estimate of drug-likeness (QED) is 0.593. The summed E-state index contributed by atoms with van der Waals surface area (Å²) in [6, 6.07) is 10.5. The summed E-state index contributed by atoms with van der Waals surface area (Å²) in [5.74, 6) is -1.23. The van der Waals surface area contributed by atoms with Crippen molar-refractivity contribution in [1.82, 2.24) is 0 Å². The Labute approximate surface area is 127 Å². The lowest BCUT2D eigenvalue weighted by Gasteiger charge is -2.07. The highest BCUT2D eigenvalue weighted by molar-refractivity contribution is 5.94. The lowest BCUT2D eigenvalue weighted by atomic mass is 10.1. The first-order valence-corrected chi connectivity index (χ1v) is 6.48. The minimum Gasteiger partial charge on any atom is -0.504 e. The zero-order chi connectivity index (χ0) is 16.1. The molecule has 0 unspecified atom stereocenters. The van der Waals surface area contributed by atoms with Gasteiger partial charge in [-0.15, -0.1) is 0 Å². The summed E-state index contributed by atoms with van der Waals surface area (Å²) in [7, 11) is 1.30. The second-order valence-corrected chi connectivity index (χ2v) is 4.62. The number of benzene rings is 2. The van der Waals surface area contributed by atoms with Crippen LogP contribution in [0.5, 0.6) is 11.5 Å². The molecule has 3 N–H and O–H groups in total. The summed E-state index contributed by atoms with van der Waals surface area (Å²) >= 11 is 0. The molecule has 0 aliphatic heterocycles. The van der Waals surface area contributed by atoms with Crippen molar-refractivity contribution >= 4 is 17.6 Å². The molecule has 0 spiro atoms. The zero-order valence-corrected chi connectivity index (χ0v) is 11.9. The van der Waals surface area contributed by atoms with Crippen molar-refractivity contribution in [1.29, 1.82) is 0 Å². The van der Waals surface area contributed by atoms with Gasteiger partial charge in [-0.25, -0.2) is 4.79 Å². The number of amides is 1. The first-order valence-electron chi connectivity index (χ1n) is 6.48. The van der Waals surface area contributed by atoms with Gasteiger partial charge in [-0.3, -0.25) is 4.79 Å². The summed E-state index contributed by atoms with van der Waals surface area (Å²) in [6.07, 6.45) is 0.0482. The van der Waals surface area contributed by atoms with E-state index in [2.05, 4.69) is 10.1 Å². The standard InChI is InChI=1S/C16H15NO5/c1-22-16(21)11-3-5-12(6-4-11)17-15(20)9-10-2-7-13(18)14(19)8-10/h2-8,18-19H,9H2,1H3,(H,17,20). The first-order chi connectivity index (χ1) is 10.5. The van der Waals surface area contributed by atoms with E-state index in [0.29, 0.717) is 16.8 Å². The maximum absolute atomic E-state index is 11.9. The molecular weight excluding hydrogens is 286 g/mol. The lowest BCUT2D eigenvalue weighted by molar-refractivity contribution is -0.115. The van der Waals surface area contributed by atoms with E-state index in [0.717, 1.165) is 0 Å². The minimum atomic E-state index is -0.447. The van der Waals surface area contributed by atoms with Crippen molar-refractivity contribution in [3.63, 3.8) is 0 Å². The summed E-state index contributed by atoms with van der Waals surface area (Å²) in [5, 5.41) is 21.3. The van der Waals surface area contributed by atoms with E-state index < -0.39 is 5.97 Å². The number of ether oxygens (including phenoxy) is 1. The van der Waals surface area contributed by atoms with E-state index >= 15 is 0 Å². The van der Waals surface area contributed by atoms with Gasteiger partial charge in [0.2, 0.25) is 5.91 Å². The first kappa shape index (κ1) is 15.4. The number of hydrogen-bond acceptors (Lipinski definition) is 5. The average Bonchev–Trinajstić information content (AvgIpc) is 2.51. The molecule has 0 aliphatic carbocycles. The fourth-order valence-electron chi connectivity index (χ4n) is 1.88. The Kier molecular flexibility index (Phi) is 4.63. The van der Waals surface area contributed by atoms with Gasteiger partial charge in [0, 0.05) is 5.69 Å². The third kappa shape index (κ3) is 3.76. The molecule has 1 amide bonds. The van der Waals surface area contributed by atoms with Gasteiger partial charge in [0.1, 0.15) is 0 Å². The van der Waals surface area contributed by atoms with E-state index in [1.807, 2.05) is 0 Å². The van der Waals surface area contributed by atoms with Crippen LogP contribution in [0.4, 0.5) is 5.69 Å². The van der Waals surface area contributed by atoms with Crippen LogP contribution in [0.15, 0.2) is 42.5 Å². The molecule has 0 saturated carbocycles. The predicted molar refractivity (Wildman–Crippen MR) is 79.9 cm³/mol. The van der Waals surface area contributed by atoms with E-state index in [1.54, 1.807) is 30.3 Å². The van der Waals surface area contributed by atoms with E-state index in [1.165, 1.54) is 19.2 Å². The molecule has 2 aromatic rings. The Bertz CT molecular complexity index is 694. The monoisotopic (exact) mass is 301 g/mol. The number of esters is 1. The third-order valence-electron chi connectivity index (χ3n) is 2.99. The Balaban J connectivity index is 1.99. The fourth-order valence-corrected chi connectivity index (χ4v) is 1.88. The highest BCUT2D eigenvalue weighted by atomic mass is 16.5. The van der Waals surface area contributed by atoms with E-state index in [-0.39, 0.29) is 23.8 Å². The number of anilines is 1. The van der Waals surface area contributed by atoms with Crippen LogP contribution in [-0.2, 0) is 16.0 Å². The van der Waals surface area contributed by atoms with Crippen LogP contribution in [0, 0.1) is 0 Å². The molecule has 0 aromatic heterocycles. The number of phenolic OH excluding ortho intramolecular Hbond substituents is 2. The predicted octanol–water partition coefficient (Wildman–Crippen LogP) is 2.07. The van der Waals surface area contributed by atoms with Crippen LogP contribution >= 0.6 is 0 Å².